The monoisotopic (exact) mass is 400 g/mol. The summed E-state index contributed by atoms with van der Waals surface area (Å²) in [5.74, 6) is -0.304. The molecule has 3 heterocycles. The van der Waals surface area contributed by atoms with Crippen LogP contribution >= 0.6 is 0 Å². The molecule has 1 fully saturated rings. The van der Waals surface area contributed by atoms with Crippen molar-refractivity contribution in [3.8, 4) is 0 Å². The van der Waals surface area contributed by atoms with Crippen molar-refractivity contribution >= 4 is 17.5 Å². The normalized spacial score (nSPS) is 21.1. The van der Waals surface area contributed by atoms with Crippen molar-refractivity contribution < 1.29 is 14.0 Å². The van der Waals surface area contributed by atoms with E-state index in [0.717, 1.165) is 17.7 Å². The van der Waals surface area contributed by atoms with E-state index in [1.807, 2.05) is 38.4 Å². The third-order valence-corrected chi connectivity index (χ3v) is 5.42. The van der Waals surface area contributed by atoms with Crippen LogP contribution in [0.15, 0.2) is 30.5 Å². The average Bonchev–Trinajstić information content (AvgIpc) is 3.39. The third-order valence-electron chi connectivity index (χ3n) is 5.42. The van der Waals surface area contributed by atoms with E-state index in [-0.39, 0.29) is 43.1 Å². The van der Waals surface area contributed by atoms with Crippen molar-refractivity contribution in [3.05, 3.63) is 41.7 Å². The lowest BCUT2D eigenvalue weighted by atomic mass is 10.2. The van der Waals surface area contributed by atoms with Crippen LogP contribution in [-0.2, 0) is 17.8 Å². The molecule has 0 N–H and O–H groups in total. The van der Waals surface area contributed by atoms with Crippen molar-refractivity contribution in [1.82, 2.24) is 24.8 Å². The topological polar surface area (TPSA) is 74.6 Å². The second-order valence-electron chi connectivity index (χ2n) is 7.93. The van der Waals surface area contributed by atoms with Crippen LogP contribution in [-0.4, -0.2) is 82.6 Å². The summed E-state index contributed by atoms with van der Waals surface area (Å²) in [6.45, 7) is 1.27. The summed E-state index contributed by atoms with van der Waals surface area (Å²) in [6, 6.07) is 7.53. The maximum absolute atomic E-state index is 14.0. The standard InChI is InChI=1S/C20H25FN6O2/c1-24(2)13-19(28)27-10-15(21)9-16(27)11-25-12-17(22-23-25)20(29)26-8-7-14-5-3-4-6-18(14)26/h3-6,12,15-16H,7-11,13H2,1-2H3/t15-,16-/m0/s1. The summed E-state index contributed by atoms with van der Waals surface area (Å²) in [7, 11) is 3.61. The minimum absolute atomic E-state index is 0.0996. The number of fused-ring (bicyclic) bond motifs is 1. The highest BCUT2D eigenvalue weighted by molar-refractivity contribution is 6.05. The molecule has 8 nitrogen and oxygen atoms in total. The molecule has 0 bridgehead atoms. The number of likely N-dealkylation sites (tertiary alicyclic amines) is 1. The highest BCUT2D eigenvalue weighted by Crippen LogP contribution is 2.28. The van der Waals surface area contributed by atoms with Gasteiger partial charge < -0.3 is 14.7 Å². The Morgan fingerprint density at radius 3 is 2.86 bits per heavy atom. The molecule has 0 saturated carbocycles. The predicted molar refractivity (Wildman–Crippen MR) is 105 cm³/mol. The van der Waals surface area contributed by atoms with Crippen molar-refractivity contribution in [2.24, 2.45) is 0 Å². The lowest BCUT2D eigenvalue weighted by molar-refractivity contribution is -0.133. The van der Waals surface area contributed by atoms with E-state index >= 15 is 0 Å². The number of para-hydroxylation sites is 1. The van der Waals surface area contributed by atoms with Gasteiger partial charge in [-0.15, -0.1) is 5.10 Å². The molecule has 2 aromatic rings. The Balaban J connectivity index is 1.45. The molecule has 0 radical (unpaired) electrons. The van der Waals surface area contributed by atoms with Crippen molar-refractivity contribution in [3.63, 3.8) is 0 Å². The molecule has 2 aliphatic rings. The Morgan fingerprint density at radius 1 is 1.28 bits per heavy atom. The van der Waals surface area contributed by atoms with Crippen molar-refractivity contribution in [2.45, 2.75) is 31.6 Å². The van der Waals surface area contributed by atoms with Gasteiger partial charge in [-0.25, -0.2) is 9.07 Å². The molecule has 1 aromatic heterocycles. The second-order valence-corrected chi connectivity index (χ2v) is 7.93. The zero-order valence-corrected chi connectivity index (χ0v) is 16.7. The van der Waals surface area contributed by atoms with Crippen LogP contribution in [0.4, 0.5) is 10.1 Å². The molecule has 0 aliphatic carbocycles. The largest absolute Gasteiger partial charge is 0.334 e. The summed E-state index contributed by atoms with van der Waals surface area (Å²) in [6.07, 6.45) is 1.63. The number of likely N-dealkylation sites (N-methyl/N-ethyl adjacent to an activating group) is 1. The van der Waals surface area contributed by atoms with Crippen LogP contribution in [0.1, 0.15) is 22.5 Å². The summed E-state index contributed by atoms with van der Waals surface area (Å²) in [4.78, 5) is 30.4. The lowest BCUT2D eigenvalue weighted by Crippen LogP contribution is -2.42. The number of nitrogens with zero attached hydrogens (tertiary/aromatic N) is 6. The van der Waals surface area contributed by atoms with E-state index in [1.165, 1.54) is 4.68 Å². The Bertz CT molecular complexity index is 914. The first kappa shape index (κ1) is 19.5. The summed E-state index contributed by atoms with van der Waals surface area (Å²) < 4.78 is 15.5. The van der Waals surface area contributed by atoms with E-state index in [9.17, 15) is 14.0 Å². The van der Waals surface area contributed by atoms with E-state index in [2.05, 4.69) is 10.3 Å². The van der Waals surface area contributed by atoms with Crippen LogP contribution < -0.4 is 4.90 Å². The van der Waals surface area contributed by atoms with Gasteiger partial charge in [-0.05, 0) is 32.1 Å². The van der Waals surface area contributed by atoms with Gasteiger partial charge in [-0.2, -0.15) is 0 Å². The van der Waals surface area contributed by atoms with Crippen LogP contribution in [0.25, 0.3) is 0 Å². The smallest absolute Gasteiger partial charge is 0.280 e. The number of amides is 2. The number of halogens is 1. The Hall–Kier alpha value is -2.81. The molecule has 2 amide bonds. The van der Waals surface area contributed by atoms with Gasteiger partial charge in [-0.3, -0.25) is 9.59 Å². The molecule has 0 unspecified atom stereocenters. The number of benzene rings is 1. The first-order valence-electron chi connectivity index (χ1n) is 9.80. The van der Waals surface area contributed by atoms with Gasteiger partial charge in [0.05, 0.1) is 31.9 Å². The summed E-state index contributed by atoms with van der Waals surface area (Å²) in [5.41, 5.74) is 2.30. The zero-order chi connectivity index (χ0) is 20.5. The Morgan fingerprint density at radius 2 is 2.07 bits per heavy atom. The number of hydrogen-bond donors (Lipinski definition) is 0. The number of rotatable bonds is 5. The maximum atomic E-state index is 14.0. The highest BCUT2D eigenvalue weighted by Gasteiger charge is 2.36. The summed E-state index contributed by atoms with van der Waals surface area (Å²) >= 11 is 0. The van der Waals surface area contributed by atoms with Gasteiger partial charge >= 0.3 is 0 Å². The fraction of sp³-hybridized carbons (Fsp3) is 0.500. The molecule has 2 aliphatic heterocycles. The molecule has 154 valence electrons. The van der Waals surface area contributed by atoms with Crippen LogP contribution in [0.2, 0.25) is 0 Å². The van der Waals surface area contributed by atoms with Gasteiger partial charge in [0.25, 0.3) is 5.91 Å². The number of aromatic nitrogens is 3. The van der Waals surface area contributed by atoms with Crippen LogP contribution in [0, 0.1) is 0 Å². The fourth-order valence-electron chi connectivity index (χ4n) is 4.09. The molecule has 4 rings (SSSR count). The molecule has 9 heteroatoms. The molecule has 29 heavy (non-hydrogen) atoms. The van der Waals surface area contributed by atoms with E-state index < -0.39 is 6.17 Å². The molecule has 1 saturated heterocycles. The van der Waals surface area contributed by atoms with Gasteiger partial charge in [0.2, 0.25) is 5.91 Å². The summed E-state index contributed by atoms with van der Waals surface area (Å²) in [5, 5.41) is 8.09. The Kier molecular flexibility index (Phi) is 5.31. The minimum Gasteiger partial charge on any atom is -0.334 e. The lowest BCUT2D eigenvalue weighted by Gasteiger charge is -2.25. The molecule has 2 atom stereocenters. The number of carbonyl (C=O) groups is 2. The van der Waals surface area contributed by atoms with Gasteiger partial charge in [0.15, 0.2) is 5.69 Å². The van der Waals surface area contributed by atoms with Crippen LogP contribution in [0.3, 0.4) is 0 Å². The average molecular weight is 400 g/mol. The minimum atomic E-state index is -1.04. The number of carbonyl (C=O) groups excluding carboxylic acids is 2. The van der Waals surface area contributed by atoms with Crippen molar-refractivity contribution in [1.29, 1.82) is 0 Å². The zero-order valence-electron chi connectivity index (χ0n) is 16.7. The number of hydrogen-bond acceptors (Lipinski definition) is 5. The number of anilines is 1. The highest BCUT2D eigenvalue weighted by atomic mass is 19.1. The number of alkyl halides is 1. The van der Waals surface area contributed by atoms with E-state index in [1.54, 1.807) is 20.9 Å². The van der Waals surface area contributed by atoms with Gasteiger partial charge in [0, 0.05) is 18.7 Å². The SMILES string of the molecule is CN(C)CC(=O)N1C[C@@H](F)C[C@H]1Cn1cc(C(=O)N2CCc3ccccc32)nn1. The third kappa shape index (κ3) is 4.00. The van der Waals surface area contributed by atoms with E-state index in [0.29, 0.717) is 13.1 Å². The van der Waals surface area contributed by atoms with E-state index in [4.69, 9.17) is 0 Å². The Labute approximate surface area is 168 Å². The first-order valence-corrected chi connectivity index (χ1v) is 9.80. The van der Waals surface area contributed by atoms with Crippen molar-refractivity contribution in [2.75, 3.05) is 38.6 Å². The predicted octanol–water partition coefficient (Wildman–Crippen LogP) is 0.982. The fourth-order valence-corrected chi connectivity index (χ4v) is 4.09. The van der Waals surface area contributed by atoms with Gasteiger partial charge in [-0.1, -0.05) is 23.4 Å². The molecule has 0 spiro atoms. The quantitative estimate of drug-likeness (QED) is 0.748. The molecular formula is C20H25FN6O2. The second kappa shape index (κ2) is 7.90. The van der Waals surface area contributed by atoms with Crippen LogP contribution in [0.5, 0.6) is 0 Å². The van der Waals surface area contributed by atoms with Gasteiger partial charge in [0.1, 0.15) is 6.17 Å². The molecule has 1 aromatic carbocycles. The first-order chi connectivity index (χ1) is 13.9. The molecular weight excluding hydrogens is 375 g/mol. The maximum Gasteiger partial charge on any atom is 0.280 e.